The van der Waals surface area contributed by atoms with Crippen molar-refractivity contribution in [3.63, 3.8) is 0 Å². The van der Waals surface area contributed by atoms with Crippen molar-refractivity contribution in [3.8, 4) is 5.75 Å². The summed E-state index contributed by atoms with van der Waals surface area (Å²) in [5, 5.41) is 23.3. The fourth-order valence-corrected chi connectivity index (χ4v) is 5.67. The first-order chi connectivity index (χ1) is 18.2. The third kappa shape index (κ3) is 6.18. The number of carbonyl (C=O) groups excluding carboxylic acids is 2. The molecular formula is C25H29N5O7S. The van der Waals surface area contributed by atoms with Gasteiger partial charge in [0.15, 0.2) is 6.61 Å². The highest BCUT2D eigenvalue weighted by Crippen LogP contribution is 2.41. The summed E-state index contributed by atoms with van der Waals surface area (Å²) in [6.07, 6.45) is 1.96. The number of aromatic nitrogens is 2. The number of carboxylic acids is 1. The summed E-state index contributed by atoms with van der Waals surface area (Å²) in [5.41, 5.74) is 6.52. The number of H-pyrrole nitrogens is 1. The van der Waals surface area contributed by atoms with Crippen LogP contribution >= 0.6 is 11.3 Å². The predicted octanol–water partition coefficient (Wildman–Crippen LogP) is 1.47. The summed E-state index contributed by atoms with van der Waals surface area (Å²) >= 11 is 1.35. The van der Waals surface area contributed by atoms with Crippen molar-refractivity contribution < 1.29 is 29.3 Å². The number of fused-ring (bicyclic) bond motifs is 4. The number of nitrogens with two attached hydrogens (primary N) is 1. The lowest BCUT2D eigenvalue weighted by molar-refractivity contribution is -0.137. The summed E-state index contributed by atoms with van der Waals surface area (Å²) in [6, 6.07) is 5.19. The van der Waals surface area contributed by atoms with Crippen molar-refractivity contribution in [2.24, 2.45) is 5.73 Å². The van der Waals surface area contributed by atoms with Gasteiger partial charge >= 0.3 is 5.97 Å². The number of aliphatic carboxylic acids is 1. The van der Waals surface area contributed by atoms with Crippen LogP contribution < -0.4 is 26.7 Å². The van der Waals surface area contributed by atoms with Crippen LogP contribution in [0.1, 0.15) is 58.7 Å². The molecule has 0 bridgehead atoms. The second kappa shape index (κ2) is 11.7. The Bertz CT molecular complexity index is 1430. The molecule has 0 saturated carbocycles. The molecule has 3 aromatic rings. The number of anilines is 1. The maximum absolute atomic E-state index is 12.9. The average molecular weight is 544 g/mol. The lowest BCUT2D eigenvalue weighted by atomic mass is 9.84. The number of aliphatic hydroxyl groups excluding tert-OH is 1. The van der Waals surface area contributed by atoms with Crippen molar-refractivity contribution in [1.29, 1.82) is 0 Å². The molecule has 7 N–H and O–H groups in total. The average Bonchev–Trinajstić information content (AvgIpc) is 3.27. The Labute approximate surface area is 221 Å². The van der Waals surface area contributed by atoms with E-state index in [0.29, 0.717) is 34.6 Å². The first-order valence-electron chi connectivity index (χ1n) is 12.2. The maximum Gasteiger partial charge on any atom is 0.303 e. The van der Waals surface area contributed by atoms with Crippen molar-refractivity contribution in [3.05, 3.63) is 50.4 Å². The zero-order valence-electron chi connectivity index (χ0n) is 20.7. The lowest BCUT2D eigenvalue weighted by Crippen LogP contribution is -2.28. The van der Waals surface area contributed by atoms with E-state index < -0.39 is 17.4 Å². The van der Waals surface area contributed by atoms with E-state index in [0.717, 1.165) is 28.8 Å². The molecule has 0 fully saturated rings. The van der Waals surface area contributed by atoms with Crippen LogP contribution in [0.4, 0.5) is 5.69 Å². The van der Waals surface area contributed by atoms with Gasteiger partial charge in [-0.25, -0.2) is 4.98 Å². The van der Waals surface area contributed by atoms with Crippen LogP contribution in [0, 0.1) is 0 Å². The predicted molar refractivity (Wildman–Crippen MR) is 141 cm³/mol. The first-order valence-corrected chi connectivity index (χ1v) is 13.0. The monoisotopic (exact) mass is 543 g/mol. The number of ether oxygens (including phenoxy) is 1. The summed E-state index contributed by atoms with van der Waals surface area (Å²) in [4.78, 5) is 56.7. The molecule has 2 atom stereocenters. The SMILES string of the molecule is C[C@H](O)CN.O=C(O)CC1CCCc2sc3nc(C(=O)NCc4ccc5c(c4)NC(=O)CO5)[nH]c(=O)c3c21. The highest BCUT2D eigenvalue weighted by molar-refractivity contribution is 7.18. The number of benzene rings is 1. The Morgan fingerprint density at radius 1 is 1.34 bits per heavy atom. The van der Waals surface area contributed by atoms with Crippen molar-refractivity contribution in [1.82, 2.24) is 15.3 Å². The lowest BCUT2D eigenvalue weighted by Gasteiger charge is -2.21. The minimum Gasteiger partial charge on any atom is -0.482 e. The number of hydrogen-bond donors (Lipinski definition) is 6. The summed E-state index contributed by atoms with van der Waals surface area (Å²) < 4.78 is 5.32. The second-order valence-corrected chi connectivity index (χ2v) is 10.2. The van der Waals surface area contributed by atoms with Crippen LogP contribution in [0.5, 0.6) is 5.75 Å². The number of aromatic amines is 1. The van der Waals surface area contributed by atoms with Gasteiger partial charge in [-0.2, -0.15) is 0 Å². The van der Waals surface area contributed by atoms with E-state index in [1.54, 1.807) is 25.1 Å². The number of rotatable bonds is 6. The number of hydrogen-bond acceptors (Lipinski definition) is 9. The number of nitrogens with one attached hydrogen (secondary N) is 3. The molecule has 1 aliphatic carbocycles. The molecule has 0 spiro atoms. The number of amides is 2. The van der Waals surface area contributed by atoms with E-state index in [2.05, 4.69) is 20.6 Å². The molecular weight excluding hydrogens is 514 g/mol. The zero-order chi connectivity index (χ0) is 27.4. The number of aliphatic hydroxyl groups is 1. The van der Waals surface area contributed by atoms with Gasteiger partial charge in [0.2, 0.25) is 5.82 Å². The van der Waals surface area contributed by atoms with Crippen LogP contribution in [0.15, 0.2) is 23.0 Å². The molecule has 1 aliphatic heterocycles. The third-order valence-corrected chi connectivity index (χ3v) is 7.31. The number of nitrogens with zero attached hydrogens (tertiary/aromatic N) is 1. The highest BCUT2D eigenvalue weighted by atomic mass is 32.1. The Morgan fingerprint density at radius 3 is 2.82 bits per heavy atom. The van der Waals surface area contributed by atoms with E-state index in [1.165, 1.54) is 11.3 Å². The standard InChI is InChI=1S/C22H20N4O6S.C3H9NO/c27-15-9-32-13-5-4-10(6-12(13)24-15)8-23-21(31)19-25-20(30)18-17-11(7-16(28)29)2-1-3-14(17)33-22(18)26-19;1-3(5)2-4/h4-6,11H,1-3,7-9H2,(H,23,31)(H,24,27)(H,28,29)(H,25,26,30);3,5H,2,4H2,1H3/t;3-/m.0/s1. The van der Waals surface area contributed by atoms with Crippen LogP contribution in [0.3, 0.4) is 0 Å². The van der Waals surface area contributed by atoms with Gasteiger partial charge < -0.3 is 36.3 Å². The van der Waals surface area contributed by atoms with E-state index in [1.807, 2.05) is 0 Å². The van der Waals surface area contributed by atoms with E-state index in [4.69, 9.17) is 15.6 Å². The van der Waals surface area contributed by atoms with E-state index in [9.17, 15) is 24.3 Å². The summed E-state index contributed by atoms with van der Waals surface area (Å²) in [7, 11) is 0. The van der Waals surface area contributed by atoms with Gasteiger partial charge in [-0.3, -0.25) is 19.2 Å². The van der Waals surface area contributed by atoms with Crippen molar-refractivity contribution >= 4 is 45.0 Å². The van der Waals surface area contributed by atoms with E-state index in [-0.39, 0.29) is 43.3 Å². The van der Waals surface area contributed by atoms with Gasteiger partial charge in [0.1, 0.15) is 10.6 Å². The minimum atomic E-state index is -0.902. The van der Waals surface area contributed by atoms with Crippen LogP contribution in [-0.2, 0) is 22.6 Å². The molecule has 5 rings (SSSR count). The van der Waals surface area contributed by atoms with Gasteiger partial charge in [0.25, 0.3) is 17.4 Å². The summed E-state index contributed by atoms with van der Waals surface area (Å²) in [6.45, 7) is 2.14. The molecule has 2 aromatic heterocycles. The van der Waals surface area contributed by atoms with E-state index >= 15 is 0 Å². The molecule has 0 saturated heterocycles. The van der Waals surface area contributed by atoms with Crippen molar-refractivity contribution in [2.75, 3.05) is 18.5 Å². The Balaban J connectivity index is 0.000000617. The van der Waals surface area contributed by atoms with Gasteiger partial charge in [0.05, 0.1) is 23.6 Å². The van der Waals surface area contributed by atoms with Crippen LogP contribution in [0.2, 0.25) is 0 Å². The normalized spacial score (nSPS) is 16.7. The molecule has 2 amide bonds. The maximum atomic E-state index is 12.9. The zero-order valence-corrected chi connectivity index (χ0v) is 21.5. The Hall–Kier alpha value is -3.81. The Kier molecular flexibility index (Phi) is 8.39. The van der Waals surface area contributed by atoms with Crippen LogP contribution in [0.25, 0.3) is 10.2 Å². The fourth-order valence-electron chi connectivity index (χ4n) is 4.37. The number of carboxylic acid groups (broad SMARTS) is 1. The van der Waals surface area contributed by atoms with Crippen molar-refractivity contribution in [2.45, 2.75) is 51.2 Å². The second-order valence-electron chi connectivity index (χ2n) is 9.16. The quantitative estimate of drug-likeness (QED) is 0.267. The van der Waals surface area contributed by atoms with Gasteiger partial charge in [0, 0.05) is 18.0 Å². The number of carbonyl (C=O) groups is 3. The number of thiophene rings is 1. The molecule has 0 radical (unpaired) electrons. The van der Waals surface area contributed by atoms with Gasteiger partial charge in [-0.05, 0) is 55.4 Å². The molecule has 2 aliphatic rings. The molecule has 12 nitrogen and oxygen atoms in total. The summed E-state index contributed by atoms with van der Waals surface area (Å²) in [5.74, 6) is -1.46. The largest absolute Gasteiger partial charge is 0.482 e. The highest BCUT2D eigenvalue weighted by Gasteiger charge is 2.29. The van der Waals surface area contributed by atoms with Gasteiger partial charge in [-0.15, -0.1) is 11.3 Å². The van der Waals surface area contributed by atoms with Gasteiger partial charge in [-0.1, -0.05) is 6.07 Å². The van der Waals surface area contributed by atoms with Crippen LogP contribution in [-0.4, -0.2) is 57.2 Å². The first kappa shape index (κ1) is 27.2. The fraction of sp³-hybridized carbons (Fsp3) is 0.400. The molecule has 202 valence electrons. The smallest absolute Gasteiger partial charge is 0.303 e. The molecule has 3 heterocycles. The Morgan fingerprint density at radius 2 is 2.11 bits per heavy atom. The molecule has 1 unspecified atom stereocenters. The minimum absolute atomic E-state index is 0.0339. The molecule has 1 aromatic carbocycles. The molecule has 13 heteroatoms. The molecule has 38 heavy (non-hydrogen) atoms. The number of aryl methyl sites for hydroxylation is 1. The topological polar surface area (TPSA) is 197 Å². The third-order valence-electron chi connectivity index (χ3n) is 6.15.